The fourth-order valence-corrected chi connectivity index (χ4v) is 1.64. The number of nitrogens with one attached hydrogen (secondary N) is 1. The number of ether oxygens (including phenoxy) is 1. The Morgan fingerprint density at radius 2 is 2.25 bits per heavy atom. The first-order chi connectivity index (χ1) is 7.47. The number of methoxy groups -OCH3 is 1. The van der Waals surface area contributed by atoms with Crippen molar-refractivity contribution in [3.05, 3.63) is 33.2 Å². The summed E-state index contributed by atoms with van der Waals surface area (Å²) in [5.74, 6) is -1.37. The fourth-order valence-electron chi connectivity index (χ4n) is 1.64. The van der Waals surface area contributed by atoms with Crippen LogP contribution in [0.1, 0.15) is 34.6 Å². The largest absolute Gasteiger partial charge is 0.477 e. The maximum absolute atomic E-state index is 11.6. The number of aromatic nitrogens is 1. The number of rotatable bonds is 4. The van der Waals surface area contributed by atoms with Gasteiger partial charge in [-0.15, -0.1) is 0 Å². The number of aromatic carboxylic acids is 1. The Kier molecular flexibility index (Phi) is 3.84. The molecule has 1 heterocycles. The number of hydrogen-bond acceptors (Lipinski definition) is 3. The van der Waals surface area contributed by atoms with Crippen molar-refractivity contribution in [2.75, 3.05) is 13.7 Å². The van der Waals surface area contributed by atoms with Gasteiger partial charge in [0, 0.05) is 30.5 Å². The van der Waals surface area contributed by atoms with Gasteiger partial charge in [-0.2, -0.15) is 0 Å². The molecule has 5 nitrogen and oxygen atoms in total. The zero-order valence-electron chi connectivity index (χ0n) is 9.53. The maximum atomic E-state index is 11.6. The van der Waals surface area contributed by atoms with Gasteiger partial charge >= 0.3 is 5.97 Å². The molecule has 88 valence electrons. The lowest BCUT2D eigenvalue weighted by atomic mass is 10.0. The lowest BCUT2D eigenvalue weighted by Crippen LogP contribution is -2.22. The van der Waals surface area contributed by atoms with E-state index in [1.54, 1.807) is 13.8 Å². The average Bonchev–Trinajstić information content (AvgIpc) is 2.15. The highest BCUT2D eigenvalue weighted by molar-refractivity contribution is 5.88. The quantitative estimate of drug-likeness (QED) is 0.805. The third kappa shape index (κ3) is 2.49. The van der Waals surface area contributed by atoms with Crippen LogP contribution in [0.5, 0.6) is 0 Å². The van der Waals surface area contributed by atoms with Crippen LogP contribution in [0, 0.1) is 6.92 Å². The molecule has 0 amide bonds. The number of hydrogen-bond donors (Lipinski definition) is 2. The summed E-state index contributed by atoms with van der Waals surface area (Å²) in [5.41, 5.74) is 0.393. The van der Waals surface area contributed by atoms with Gasteiger partial charge < -0.3 is 14.8 Å². The summed E-state index contributed by atoms with van der Waals surface area (Å²) in [6.07, 6.45) is 0. The number of carbonyl (C=O) groups is 1. The number of aromatic amines is 1. The van der Waals surface area contributed by atoms with Crippen LogP contribution >= 0.6 is 0 Å². The minimum atomic E-state index is -1.21. The van der Waals surface area contributed by atoms with Crippen molar-refractivity contribution in [1.29, 1.82) is 0 Å². The summed E-state index contributed by atoms with van der Waals surface area (Å²) in [5, 5.41) is 8.99. The van der Waals surface area contributed by atoms with Gasteiger partial charge in [-0.25, -0.2) is 4.79 Å². The minimum absolute atomic E-state index is 0.163. The summed E-state index contributed by atoms with van der Waals surface area (Å²) in [6.45, 7) is 3.89. The van der Waals surface area contributed by atoms with Crippen molar-refractivity contribution in [2.24, 2.45) is 0 Å². The second-order valence-corrected chi connectivity index (χ2v) is 3.77. The Labute approximate surface area is 93.1 Å². The Hall–Kier alpha value is -1.62. The van der Waals surface area contributed by atoms with Gasteiger partial charge in [0.25, 0.3) is 0 Å². The molecule has 0 radical (unpaired) electrons. The number of carboxylic acids is 1. The predicted octanol–water partition coefficient (Wildman–Crippen LogP) is 1.13. The van der Waals surface area contributed by atoms with Gasteiger partial charge in [-0.1, -0.05) is 6.92 Å². The summed E-state index contributed by atoms with van der Waals surface area (Å²) in [7, 11) is 1.53. The molecule has 16 heavy (non-hydrogen) atoms. The third-order valence-corrected chi connectivity index (χ3v) is 2.32. The van der Waals surface area contributed by atoms with Crippen LogP contribution in [0.3, 0.4) is 0 Å². The standard InChI is InChI=1S/C11H15NO4/c1-6(5-16-3)10-9(11(14)15)8(13)4-7(2)12-10/h4,6H,5H2,1-3H3,(H,12,13)(H,14,15). The van der Waals surface area contributed by atoms with E-state index in [9.17, 15) is 9.59 Å². The summed E-state index contributed by atoms with van der Waals surface area (Å²) in [4.78, 5) is 25.5. The predicted molar refractivity (Wildman–Crippen MR) is 59.1 cm³/mol. The van der Waals surface area contributed by atoms with Crippen LogP contribution in [-0.4, -0.2) is 29.8 Å². The molecule has 1 aromatic rings. The molecular formula is C11H15NO4. The molecule has 1 aromatic heterocycles. The van der Waals surface area contributed by atoms with Crippen molar-refractivity contribution in [3.63, 3.8) is 0 Å². The Morgan fingerprint density at radius 1 is 1.62 bits per heavy atom. The monoisotopic (exact) mass is 225 g/mol. The SMILES string of the molecule is COCC(C)c1[nH]c(C)cc(=O)c1C(=O)O. The Balaban J connectivity index is 3.35. The molecule has 1 unspecified atom stereocenters. The van der Waals surface area contributed by atoms with Crippen molar-refractivity contribution < 1.29 is 14.6 Å². The molecule has 0 saturated heterocycles. The molecule has 1 rings (SSSR count). The van der Waals surface area contributed by atoms with Crippen molar-refractivity contribution >= 4 is 5.97 Å². The number of carboxylic acid groups (broad SMARTS) is 1. The van der Waals surface area contributed by atoms with Gasteiger partial charge in [-0.05, 0) is 6.92 Å². The van der Waals surface area contributed by atoms with E-state index >= 15 is 0 Å². The van der Waals surface area contributed by atoms with Crippen LogP contribution in [0.2, 0.25) is 0 Å². The minimum Gasteiger partial charge on any atom is -0.477 e. The molecule has 1 atom stereocenters. The fraction of sp³-hybridized carbons (Fsp3) is 0.455. The van der Waals surface area contributed by atoms with Crippen molar-refractivity contribution in [1.82, 2.24) is 4.98 Å². The molecule has 5 heteroatoms. The van der Waals surface area contributed by atoms with Gasteiger partial charge in [-0.3, -0.25) is 4.79 Å². The van der Waals surface area contributed by atoms with Gasteiger partial charge in [0.2, 0.25) is 0 Å². The number of aryl methyl sites for hydroxylation is 1. The van der Waals surface area contributed by atoms with E-state index in [1.165, 1.54) is 13.2 Å². The maximum Gasteiger partial charge on any atom is 0.341 e. The highest BCUT2D eigenvalue weighted by Gasteiger charge is 2.19. The van der Waals surface area contributed by atoms with Crippen LogP contribution in [0.4, 0.5) is 0 Å². The van der Waals surface area contributed by atoms with Crippen LogP contribution in [-0.2, 0) is 4.74 Å². The molecule has 0 aliphatic rings. The second kappa shape index (κ2) is 4.94. The highest BCUT2D eigenvalue weighted by atomic mass is 16.5. The molecule has 0 bridgehead atoms. The second-order valence-electron chi connectivity index (χ2n) is 3.77. The van der Waals surface area contributed by atoms with Crippen LogP contribution in [0.25, 0.3) is 0 Å². The molecular weight excluding hydrogens is 210 g/mol. The number of H-pyrrole nitrogens is 1. The first kappa shape index (κ1) is 12.4. The molecule has 2 N–H and O–H groups in total. The highest BCUT2D eigenvalue weighted by Crippen LogP contribution is 2.16. The smallest absolute Gasteiger partial charge is 0.341 e. The lowest BCUT2D eigenvalue weighted by Gasteiger charge is -2.13. The molecule has 0 spiro atoms. The molecule has 0 aliphatic carbocycles. The molecule has 0 aliphatic heterocycles. The zero-order valence-corrected chi connectivity index (χ0v) is 9.53. The number of pyridine rings is 1. The van der Waals surface area contributed by atoms with Crippen molar-refractivity contribution in [3.8, 4) is 0 Å². The van der Waals surface area contributed by atoms with E-state index in [4.69, 9.17) is 9.84 Å². The third-order valence-electron chi connectivity index (χ3n) is 2.32. The van der Waals surface area contributed by atoms with Crippen LogP contribution in [0.15, 0.2) is 10.9 Å². The molecule has 0 fully saturated rings. The zero-order chi connectivity index (χ0) is 12.3. The van der Waals surface area contributed by atoms with Crippen molar-refractivity contribution in [2.45, 2.75) is 19.8 Å². The summed E-state index contributed by atoms with van der Waals surface area (Å²) >= 11 is 0. The van der Waals surface area contributed by atoms with E-state index < -0.39 is 11.4 Å². The molecule has 0 aromatic carbocycles. The first-order valence-electron chi connectivity index (χ1n) is 4.93. The van der Waals surface area contributed by atoms with E-state index in [1.807, 2.05) is 0 Å². The Morgan fingerprint density at radius 3 is 2.75 bits per heavy atom. The average molecular weight is 225 g/mol. The van der Waals surface area contributed by atoms with Gasteiger partial charge in [0.05, 0.1) is 6.61 Å². The van der Waals surface area contributed by atoms with E-state index in [-0.39, 0.29) is 11.5 Å². The topological polar surface area (TPSA) is 79.4 Å². The van der Waals surface area contributed by atoms with E-state index in [2.05, 4.69) is 4.98 Å². The first-order valence-corrected chi connectivity index (χ1v) is 4.93. The molecule has 0 saturated carbocycles. The van der Waals surface area contributed by atoms with Crippen LogP contribution < -0.4 is 5.43 Å². The summed E-state index contributed by atoms with van der Waals surface area (Å²) < 4.78 is 4.96. The van der Waals surface area contributed by atoms with E-state index in [0.717, 1.165) is 0 Å². The summed E-state index contributed by atoms with van der Waals surface area (Å²) in [6, 6.07) is 1.28. The normalized spacial score (nSPS) is 12.4. The lowest BCUT2D eigenvalue weighted by molar-refractivity contribution is 0.0692. The van der Waals surface area contributed by atoms with Gasteiger partial charge in [0.1, 0.15) is 5.56 Å². The van der Waals surface area contributed by atoms with Gasteiger partial charge in [0.15, 0.2) is 5.43 Å². The Bertz CT molecular complexity index is 450. The van der Waals surface area contributed by atoms with E-state index in [0.29, 0.717) is 18.0 Å².